The van der Waals surface area contributed by atoms with Crippen molar-refractivity contribution in [1.82, 2.24) is 9.80 Å². The second kappa shape index (κ2) is 9.83. The monoisotopic (exact) mass is 454 g/mol. The normalized spacial score (nSPS) is 14.3. The molecule has 0 saturated carbocycles. The molecule has 1 aromatic heterocycles. The van der Waals surface area contributed by atoms with E-state index in [9.17, 15) is 14.7 Å². The van der Waals surface area contributed by atoms with Crippen LogP contribution in [0.4, 0.5) is 4.79 Å². The molecule has 3 aromatic rings. The van der Waals surface area contributed by atoms with Crippen molar-refractivity contribution in [3.63, 3.8) is 0 Å². The first kappa shape index (κ1) is 22.5. The molecule has 1 saturated heterocycles. The summed E-state index contributed by atoms with van der Waals surface area (Å²) in [6.45, 7) is 4.75. The smallest absolute Gasteiger partial charge is 0.409 e. The fraction of sp³-hybridized carbons (Fsp3) is 0.333. The molecule has 4 rings (SSSR count). The number of carbonyl (C=O) groups is 1. The van der Waals surface area contributed by atoms with Gasteiger partial charge in [-0.3, -0.25) is 9.69 Å². The summed E-state index contributed by atoms with van der Waals surface area (Å²) in [5.41, 5.74) is 0.500. The molecule has 0 bridgehead atoms. The van der Waals surface area contributed by atoms with Crippen LogP contribution in [-0.4, -0.2) is 60.9 Å². The number of phenols is 1. The quantitative estimate of drug-likeness (QED) is 0.603. The fourth-order valence-corrected chi connectivity index (χ4v) is 3.75. The van der Waals surface area contributed by atoms with Gasteiger partial charge in [0.05, 0.1) is 24.7 Å². The van der Waals surface area contributed by atoms with Crippen molar-refractivity contribution in [1.29, 1.82) is 0 Å². The summed E-state index contributed by atoms with van der Waals surface area (Å²) in [7, 11) is 1.57. The molecule has 33 heavy (non-hydrogen) atoms. The Morgan fingerprint density at radius 1 is 1.06 bits per heavy atom. The van der Waals surface area contributed by atoms with Gasteiger partial charge >= 0.3 is 6.09 Å². The molecule has 1 aliphatic rings. The second-order valence-electron chi connectivity index (χ2n) is 7.61. The van der Waals surface area contributed by atoms with E-state index < -0.39 is 0 Å². The maximum atomic E-state index is 13.0. The standard InChI is InChI=1S/C24H26N2O7/c1-3-31-24(29)26-12-10-25(11-13-26)14-19-20(27)9-8-18-22(28)21(15-32-23(18)19)33-17-6-4-16(30-2)5-7-17/h4-9,15,27H,3,10-14H2,1-2H3. The van der Waals surface area contributed by atoms with Gasteiger partial charge < -0.3 is 28.6 Å². The van der Waals surface area contributed by atoms with Crippen molar-refractivity contribution in [3.8, 4) is 23.0 Å². The number of hydrogen-bond donors (Lipinski definition) is 1. The van der Waals surface area contributed by atoms with E-state index in [4.69, 9.17) is 18.6 Å². The number of aromatic hydroxyl groups is 1. The van der Waals surface area contributed by atoms with Crippen LogP contribution >= 0.6 is 0 Å². The lowest BCUT2D eigenvalue weighted by atomic mass is 10.1. The lowest BCUT2D eigenvalue weighted by Gasteiger charge is -2.34. The predicted molar refractivity (Wildman–Crippen MR) is 121 cm³/mol. The third-order valence-electron chi connectivity index (χ3n) is 5.56. The molecular weight excluding hydrogens is 428 g/mol. The minimum Gasteiger partial charge on any atom is -0.507 e. The first-order valence-corrected chi connectivity index (χ1v) is 10.7. The number of methoxy groups -OCH3 is 1. The first-order valence-electron chi connectivity index (χ1n) is 10.7. The van der Waals surface area contributed by atoms with Gasteiger partial charge in [-0.1, -0.05) is 0 Å². The molecule has 0 unspecified atom stereocenters. The van der Waals surface area contributed by atoms with Crippen LogP contribution in [0.25, 0.3) is 11.0 Å². The molecule has 9 nitrogen and oxygen atoms in total. The third-order valence-corrected chi connectivity index (χ3v) is 5.56. The highest BCUT2D eigenvalue weighted by Crippen LogP contribution is 2.30. The SMILES string of the molecule is CCOC(=O)N1CCN(Cc2c(O)ccc3c(=O)c(Oc4ccc(OC)cc4)coc23)CC1. The molecule has 174 valence electrons. The zero-order valence-electron chi connectivity index (χ0n) is 18.6. The lowest BCUT2D eigenvalue weighted by Crippen LogP contribution is -2.48. The Bertz CT molecular complexity index is 1180. The van der Waals surface area contributed by atoms with E-state index in [1.807, 2.05) is 0 Å². The Morgan fingerprint density at radius 2 is 1.76 bits per heavy atom. The summed E-state index contributed by atoms with van der Waals surface area (Å²) in [4.78, 5) is 28.7. The number of carbonyl (C=O) groups excluding carboxylic acids is 1. The van der Waals surface area contributed by atoms with E-state index in [2.05, 4.69) is 4.90 Å². The highest BCUT2D eigenvalue weighted by Gasteiger charge is 2.24. The number of nitrogens with zero attached hydrogens (tertiary/aromatic N) is 2. The molecule has 0 atom stereocenters. The molecule has 9 heteroatoms. The number of amides is 1. The second-order valence-corrected chi connectivity index (χ2v) is 7.61. The summed E-state index contributed by atoms with van der Waals surface area (Å²) in [5, 5.41) is 10.8. The van der Waals surface area contributed by atoms with Gasteiger partial charge in [0.25, 0.3) is 0 Å². The molecule has 2 aromatic carbocycles. The Labute approximate surface area is 190 Å². The van der Waals surface area contributed by atoms with Crippen molar-refractivity contribution in [2.24, 2.45) is 0 Å². The van der Waals surface area contributed by atoms with Gasteiger partial charge in [0.1, 0.15) is 29.1 Å². The van der Waals surface area contributed by atoms with Crippen molar-refractivity contribution >= 4 is 17.1 Å². The zero-order chi connectivity index (χ0) is 23.4. The van der Waals surface area contributed by atoms with Crippen LogP contribution in [-0.2, 0) is 11.3 Å². The van der Waals surface area contributed by atoms with Crippen LogP contribution in [0.15, 0.2) is 51.9 Å². The van der Waals surface area contributed by atoms with Gasteiger partial charge in [-0.25, -0.2) is 4.79 Å². The maximum absolute atomic E-state index is 13.0. The van der Waals surface area contributed by atoms with Gasteiger partial charge in [-0.15, -0.1) is 0 Å². The molecule has 0 spiro atoms. The third kappa shape index (κ3) is 4.88. The lowest BCUT2D eigenvalue weighted by molar-refractivity contribution is 0.0776. The van der Waals surface area contributed by atoms with Gasteiger partial charge in [-0.2, -0.15) is 0 Å². The topological polar surface area (TPSA) is 102 Å². The summed E-state index contributed by atoms with van der Waals surface area (Å²) < 4.78 is 21.6. The largest absolute Gasteiger partial charge is 0.507 e. The minimum atomic E-state index is -0.333. The predicted octanol–water partition coefficient (Wildman–Crippen LogP) is 3.57. The average Bonchev–Trinajstić information content (AvgIpc) is 2.83. The molecular formula is C24H26N2O7. The Hall–Kier alpha value is -3.72. The number of ether oxygens (including phenoxy) is 3. The Morgan fingerprint density at radius 3 is 2.42 bits per heavy atom. The number of phenolic OH excluding ortho intramolecular Hbond substituents is 1. The summed E-state index contributed by atoms with van der Waals surface area (Å²) in [5.74, 6) is 1.24. The highest BCUT2D eigenvalue weighted by molar-refractivity contribution is 5.83. The number of hydrogen-bond acceptors (Lipinski definition) is 8. The molecule has 1 amide bonds. The molecule has 2 heterocycles. The zero-order valence-corrected chi connectivity index (χ0v) is 18.6. The first-order chi connectivity index (χ1) is 16.0. The number of fused-ring (bicyclic) bond motifs is 1. The van der Waals surface area contributed by atoms with E-state index in [0.29, 0.717) is 67.4 Å². The Balaban J connectivity index is 1.53. The highest BCUT2D eigenvalue weighted by atomic mass is 16.6. The van der Waals surface area contributed by atoms with Crippen LogP contribution in [0.2, 0.25) is 0 Å². The van der Waals surface area contributed by atoms with Crippen molar-refractivity contribution in [2.45, 2.75) is 13.5 Å². The van der Waals surface area contributed by atoms with Crippen LogP contribution in [0.5, 0.6) is 23.0 Å². The van der Waals surface area contributed by atoms with E-state index in [1.165, 1.54) is 18.4 Å². The molecule has 1 aliphatic heterocycles. The molecule has 0 radical (unpaired) electrons. The van der Waals surface area contributed by atoms with E-state index in [1.54, 1.807) is 43.2 Å². The van der Waals surface area contributed by atoms with Crippen LogP contribution < -0.4 is 14.9 Å². The molecule has 1 fully saturated rings. The summed E-state index contributed by atoms with van der Waals surface area (Å²) >= 11 is 0. The van der Waals surface area contributed by atoms with Crippen molar-refractivity contribution in [2.75, 3.05) is 39.9 Å². The van der Waals surface area contributed by atoms with Crippen molar-refractivity contribution in [3.05, 3.63) is 58.4 Å². The van der Waals surface area contributed by atoms with Crippen molar-refractivity contribution < 1.29 is 28.5 Å². The number of rotatable bonds is 6. The van der Waals surface area contributed by atoms with Crippen LogP contribution in [0, 0.1) is 0 Å². The average molecular weight is 454 g/mol. The summed E-state index contributed by atoms with van der Waals surface area (Å²) in [6, 6.07) is 9.87. The number of benzene rings is 2. The van der Waals surface area contributed by atoms with E-state index in [0.717, 1.165) is 0 Å². The van der Waals surface area contributed by atoms with Gasteiger partial charge in [0.2, 0.25) is 11.2 Å². The minimum absolute atomic E-state index is 0.0438. The fourth-order valence-electron chi connectivity index (χ4n) is 3.75. The van der Waals surface area contributed by atoms with E-state index >= 15 is 0 Å². The molecule has 0 aliphatic carbocycles. The van der Waals surface area contributed by atoms with Gasteiger partial charge in [0, 0.05) is 32.7 Å². The molecule has 1 N–H and O–H groups in total. The Kier molecular flexibility index (Phi) is 6.69. The summed E-state index contributed by atoms with van der Waals surface area (Å²) in [6.07, 6.45) is 0.942. The van der Waals surface area contributed by atoms with Crippen LogP contribution in [0.1, 0.15) is 12.5 Å². The number of piperazine rings is 1. The van der Waals surface area contributed by atoms with Gasteiger partial charge in [0.15, 0.2) is 0 Å². The van der Waals surface area contributed by atoms with Crippen LogP contribution in [0.3, 0.4) is 0 Å². The maximum Gasteiger partial charge on any atom is 0.409 e. The van der Waals surface area contributed by atoms with Gasteiger partial charge in [-0.05, 0) is 43.3 Å². The van der Waals surface area contributed by atoms with E-state index in [-0.39, 0.29) is 23.0 Å².